The normalized spacial score (nSPS) is 16.4. The number of hydrogen-bond acceptors (Lipinski definition) is 4. The topological polar surface area (TPSA) is 83.4 Å². The minimum absolute atomic E-state index is 0. The Kier molecular flexibility index (Phi) is 5.78. The van der Waals surface area contributed by atoms with Crippen LogP contribution in [0.5, 0.6) is 0 Å². The molecule has 3 N–H and O–H groups in total. The van der Waals surface area contributed by atoms with Crippen molar-refractivity contribution in [3.8, 4) is 0 Å². The second kappa shape index (κ2) is 7.80. The predicted molar refractivity (Wildman–Crippen MR) is 90.0 cm³/mol. The first kappa shape index (κ1) is 17.1. The van der Waals surface area contributed by atoms with Crippen molar-refractivity contribution in [1.29, 1.82) is 0 Å². The van der Waals surface area contributed by atoms with Gasteiger partial charge in [0.05, 0.1) is 12.3 Å². The van der Waals surface area contributed by atoms with Gasteiger partial charge in [-0.1, -0.05) is 0 Å². The molecule has 2 aromatic rings. The molecule has 1 atom stereocenters. The molecule has 2 amide bonds. The van der Waals surface area contributed by atoms with E-state index in [0.29, 0.717) is 11.4 Å². The molecule has 6 nitrogen and oxygen atoms in total. The fraction of sp³-hybridized carbons (Fsp3) is 0.250. The van der Waals surface area contributed by atoms with Crippen molar-refractivity contribution in [1.82, 2.24) is 5.32 Å². The quantitative estimate of drug-likeness (QED) is 0.802. The summed E-state index contributed by atoms with van der Waals surface area (Å²) in [5.74, 6) is -0.0773. The first-order chi connectivity index (χ1) is 10.7. The zero-order chi connectivity index (χ0) is 15.4. The van der Waals surface area contributed by atoms with E-state index in [1.165, 1.54) is 6.26 Å². The molecule has 2 heterocycles. The van der Waals surface area contributed by atoms with Crippen LogP contribution in [0.15, 0.2) is 47.1 Å². The molecule has 122 valence electrons. The van der Waals surface area contributed by atoms with Crippen LogP contribution in [0.1, 0.15) is 23.4 Å². The van der Waals surface area contributed by atoms with Gasteiger partial charge in [-0.05, 0) is 55.8 Å². The molecule has 0 spiro atoms. The number of furan rings is 1. The maximum Gasteiger partial charge on any atom is 0.291 e. The Balaban J connectivity index is 0.00000192. The van der Waals surface area contributed by atoms with Crippen LogP contribution in [0, 0.1) is 0 Å². The van der Waals surface area contributed by atoms with Gasteiger partial charge in [0.15, 0.2) is 5.76 Å². The number of benzene rings is 1. The third kappa shape index (κ3) is 4.34. The molecular weight excluding hydrogens is 318 g/mol. The van der Waals surface area contributed by atoms with Crippen LogP contribution in [0.4, 0.5) is 11.4 Å². The summed E-state index contributed by atoms with van der Waals surface area (Å²) in [7, 11) is 0. The van der Waals surface area contributed by atoms with Crippen molar-refractivity contribution in [3.05, 3.63) is 48.4 Å². The number of nitrogens with one attached hydrogen (secondary N) is 3. The van der Waals surface area contributed by atoms with Gasteiger partial charge in [0.25, 0.3) is 5.91 Å². The first-order valence-electron chi connectivity index (χ1n) is 7.21. The summed E-state index contributed by atoms with van der Waals surface area (Å²) in [6.07, 6.45) is 3.34. The van der Waals surface area contributed by atoms with E-state index >= 15 is 0 Å². The van der Waals surface area contributed by atoms with Crippen molar-refractivity contribution in [2.75, 3.05) is 17.2 Å². The summed E-state index contributed by atoms with van der Waals surface area (Å²) in [5, 5.41) is 8.73. The number of rotatable bonds is 4. The number of amides is 2. The highest BCUT2D eigenvalue weighted by atomic mass is 35.5. The van der Waals surface area contributed by atoms with Crippen molar-refractivity contribution < 1.29 is 14.0 Å². The number of carbonyl (C=O) groups excluding carboxylic acids is 2. The summed E-state index contributed by atoms with van der Waals surface area (Å²) < 4.78 is 5.02. The molecule has 1 saturated heterocycles. The van der Waals surface area contributed by atoms with Gasteiger partial charge in [-0.3, -0.25) is 9.59 Å². The lowest BCUT2D eigenvalue weighted by molar-refractivity contribution is -0.117. The SMILES string of the molecule is Cl.O=C(Nc1ccc(NC(=O)C2CCCN2)cc1)c1ccco1. The Morgan fingerprint density at radius 3 is 2.35 bits per heavy atom. The van der Waals surface area contributed by atoms with Gasteiger partial charge in [0.1, 0.15) is 0 Å². The molecule has 1 aromatic carbocycles. The van der Waals surface area contributed by atoms with Gasteiger partial charge < -0.3 is 20.4 Å². The summed E-state index contributed by atoms with van der Waals surface area (Å²) in [6, 6.07) is 10.1. The molecular formula is C16H18ClN3O3. The lowest BCUT2D eigenvalue weighted by Crippen LogP contribution is -2.35. The third-order valence-electron chi connectivity index (χ3n) is 3.53. The highest BCUT2D eigenvalue weighted by Gasteiger charge is 2.21. The van der Waals surface area contributed by atoms with Gasteiger partial charge in [-0.15, -0.1) is 12.4 Å². The number of anilines is 2. The second-order valence-corrected chi connectivity index (χ2v) is 5.15. The van der Waals surface area contributed by atoms with Crippen molar-refractivity contribution in [2.24, 2.45) is 0 Å². The van der Waals surface area contributed by atoms with Gasteiger partial charge in [-0.25, -0.2) is 0 Å². The minimum atomic E-state index is -0.308. The molecule has 0 bridgehead atoms. The molecule has 1 fully saturated rings. The van der Waals surface area contributed by atoms with E-state index in [2.05, 4.69) is 16.0 Å². The number of hydrogen-bond donors (Lipinski definition) is 3. The largest absolute Gasteiger partial charge is 0.459 e. The highest BCUT2D eigenvalue weighted by Crippen LogP contribution is 2.16. The van der Waals surface area contributed by atoms with Crippen LogP contribution in [0.25, 0.3) is 0 Å². The zero-order valence-corrected chi connectivity index (χ0v) is 13.2. The fourth-order valence-electron chi connectivity index (χ4n) is 2.38. The van der Waals surface area contributed by atoms with Gasteiger partial charge in [-0.2, -0.15) is 0 Å². The van der Waals surface area contributed by atoms with E-state index in [1.807, 2.05) is 0 Å². The van der Waals surface area contributed by atoms with Crippen LogP contribution < -0.4 is 16.0 Å². The molecule has 1 unspecified atom stereocenters. The minimum Gasteiger partial charge on any atom is -0.459 e. The predicted octanol–water partition coefficient (Wildman–Crippen LogP) is 2.64. The smallest absolute Gasteiger partial charge is 0.291 e. The van der Waals surface area contributed by atoms with Crippen molar-refractivity contribution >= 4 is 35.6 Å². The fourth-order valence-corrected chi connectivity index (χ4v) is 2.38. The standard InChI is InChI=1S/C16H17N3O3.ClH/c20-15(13-3-1-9-17-13)18-11-5-7-12(8-6-11)19-16(21)14-4-2-10-22-14;/h2,4-8,10,13,17H,1,3,9H2,(H,18,20)(H,19,21);1H. The molecule has 7 heteroatoms. The molecule has 1 aliphatic rings. The number of carbonyl (C=O) groups is 2. The van der Waals surface area contributed by atoms with Crippen LogP contribution in [0.3, 0.4) is 0 Å². The molecule has 0 radical (unpaired) electrons. The highest BCUT2D eigenvalue weighted by molar-refractivity contribution is 6.02. The molecule has 0 saturated carbocycles. The van der Waals surface area contributed by atoms with E-state index in [1.54, 1.807) is 36.4 Å². The molecule has 0 aliphatic carbocycles. The van der Waals surface area contributed by atoms with E-state index in [0.717, 1.165) is 19.4 Å². The van der Waals surface area contributed by atoms with E-state index < -0.39 is 0 Å². The van der Waals surface area contributed by atoms with Crippen LogP contribution in [-0.2, 0) is 4.79 Å². The van der Waals surface area contributed by atoms with E-state index in [9.17, 15) is 9.59 Å². The average molecular weight is 336 g/mol. The molecule has 1 aromatic heterocycles. The number of halogens is 1. The summed E-state index contributed by atoms with van der Waals surface area (Å²) in [6.45, 7) is 0.885. The zero-order valence-electron chi connectivity index (χ0n) is 12.4. The van der Waals surface area contributed by atoms with Gasteiger partial charge >= 0.3 is 0 Å². The van der Waals surface area contributed by atoms with Crippen LogP contribution in [-0.4, -0.2) is 24.4 Å². The lowest BCUT2D eigenvalue weighted by Gasteiger charge is -2.11. The average Bonchev–Trinajstić information content (AvgIpc) is 3.23. The van der Waals surface area contributed by atoms with Gasteiger partial charge in [0, 0.05) is 11.4 Å². The lowest BCUT2D eigenvalue weighted by atomic mass is 10.2. The Morgan fingerprint density at radius 1 is 1.09 bits per heavy atom. The third-order valence-corrected chi connectivity index (χ3v) is 3.53. The van der Waals surface area contributed by atoms with E-state index in [4.69, 9.17) is 4.42 Å². The monoisotopic (exact) mass is 335 g/mol. The Labute approximate surface area is 140 Å². The maximum atomic E-state index is 12.0. The Morgan fingerprint density at radius 2 is 1.78 bits per heavy atom. The summed E-state index contributed by atoms with van der Waals surface area (Å²) >= 11 is 0. The van der Waals surface area contributed by atoms with Crippen molar-refractivity contribution in [3.63, 3.8) is 0 Å². The molecule has 1 aliphatic heterocycles. The first-order valence-corrected chi connectivity index (χ1v) is 7.21. The molecule has 3 rings (SSSR count). The van der Waals surface area contributed by atoms with E-state index in [-0.39, 0.29) is 36.0 Å². The summed E-state index contributed by atoms with van der Waals surface area (Å²) in [5.41, 5.74) is 1.34. The Bertz CT molecular complexity index is 650. The summed E-state index contributed by atoms with van der Waals surface area (Å²) in [4.78, 5) is 23.8. The maximum absolute atomic E-state index is 12.0. The van der Waals surface area contributed by atoms with Crippen molar-refractivity contribution in [2.45, 2.75) is 18.9 Å². The van der Waals surface area contributed by atoms with Crippen LogP contribution >= 0.6 is 12.4 Å². The second-order valence-electron chi connectivity index (χ2n) is 5.15. The van der Waals surface area contributed by atoms with Gasteiger partial charge in [0.2, 0.25) is 5.91 Å². The molecule has 23 heavy (non-hydrogen) atoms. The Hall–Kier alpha value is -2.31. The van der Waals surface area contributed by atoms with Crippen LogP contribution in [0.2, 0.25) is 0 Å².